The minimum Gasteiger partial charge on any atom is -0.349 e. The monoisotopic (exact) mass is 519 g/mol. The zero-order chi connectivity index (χ0) is 20.1. The van der Waals surface area contributed by atoms with E-state index in [1.807, 2.05) is 38.0 Å². The fraction of sp³-hybridized carbons (Fsp3) is 0.409. The number of hydrogen-bond acceptors (Lipinski definition) is 3. The van der Waals surface area contributed by atoms with Gasteiger partial charge in [-0.15, -0.1) is 24.0 Å². The lowest BCUT2D eigenvalue weighted by Crippen LogP contribution is -2.48. The average molecular weight is 519 g/mol. The molecule has 1 N–H and O–H groups in total. The lowest BCUT2D eigenvalue weighted by atomic mass is 9.93. The molecule has 3 aromatic rings. The van der Waals surface area contributed by atoms with Crippen LogP contribution in [0.15, 0.2) is 66.4 Å². The first-order valence-electron chi connectivity index (χ1n) is 10.2. The van der Waals surface area contributed by atoms with Crippen LogP contribution in [0.5, 0.6) is 0 Å². The number of benzene rings is 1. The molecule has 2 unspecified atom stereocenters. The predicted octanol–water partition coefficient (Wildman–Crippen LogP) is 3.40. The van der Waals surface area contributed by atoms with Crippen molar-refractivity contribution >= 4 is 29.9 Å². The number of nitrogens with zero attached hydrogens (tertiary/aromatic N) is 6. The van der Waals surface area contributed by atoms with Gasteiger partial charge >= 0.3 is 0 Å². The number of nitrogens with one attached hydrogen (secondary N) is 1. The fourth-order valence-electron chi connectivity index (χ4n) is 4.02. The topological polar surface area (TPSA) is 63.3 Å². The van der Waals surface area contributed by atoms with Crippen LogP contribution in [0, 0.1) is 5.92 Å². The van der Waals surface area contributed by atoms with Crippen LogP contribution < -0.4 is 5.32 Å². The largest absolute Gasteiger partial charge is 0.349 e. The molecule has 2 aromatic heterocycles. The van der Waals surface area contributed by atoms with E-state index in [4.69, 9.17) is 0 Å². The highest BCUT2D eigenvalue weighted by Gasteiger charge is 2.28. The molecule has 2 atom stereocenters. The van der Waals surface area contributed by atoms with Gasteiger partial charge in [-0.05, 0) is 17.9 Å². The number of halogens is 1. The van der Waals surface area contributed by atoms with E-state index >= 15 is 0 Å². The van der Waals surface area contributed by atoms with Crippen LogP contribution in [0.1, 0.15) is 30.8 Å². The number of hydrogen-bond donors (Lipinski definition) is 1. The van der Waals surface area contributed by atoms with E-state index in [9.17, 15) is 0 Å². The first kappa shape index (κ1) is 22.3. The fourth-order valence-corrected chi connectivity index (χ4v) is 4.02. The second-order valence-electron chi connectivity index (χ2n) is 7.65. The summed E-state index contributed by atoms with van der Waals surface area (Å²) >= 11 is 0. The Bertz CT molecular complexity index is 920. The van der Waals surface area contributed by atoms with Crippen LogP contribution in [-0.2, 0) is 13.1 Å². The summed E-state index contributed by atoms with van der Waals surface area (Å²) in [4.78, 5) is 15.6. The number of rotatable bonds is 5. The van der Waals surface area contributed by atoms with Crippen molar-refractivity contribution in [2.75, 3.05) is 20.1 Å². The van der Waals surface area contributed by atoms with Crippen LogP contribution in [0.2, 0.25) is 0 Å². The van der Waals surface area contributed by atoms with Gasteiger partial charge in [0, 0.05) is 51.5 Å². The van der Waals surface area contributed by atoms with E-state index in [-0.39, 0.29) is 24.0 Å². The van der Waals surface area contributed by atoms with Crippen molar-refractivity contribution in [1.82, 2.24) is 29.3 Å². The van der Waals surface area contributed by atoms with Crippen molar-refractivity contribution in [2.45, 2.75) is 32.5 Å². The van der Waals surface area contributed by atoms with Crippen molar-refractivity contribution in [1.29, 1.82) is 0 Å². The van der Waals surface area contributed by atoms with Gasteiger partial charge in [-0.25, -0.2) is 9.97 Å². The highest BCUT2D eigenvalue weighted by atomic mass is 127. The Morgan fingerprint density at radius 1 is 1.20 bits per heavy atom. The summed E-state index contributed by atoms with van der Waals surface area (Å²) in [5, 5.41) is 3.52. The standard InChI is InChI=1S/C22H29N7.HI/c1-18-8-11-28(16-20(18)29-12-9-24-17-29)22(23-2)26-14-21-25-10-13-27(21)15-19-6-4-3-5-7-19;/h3-7,9-10,12-13,17-18,20H,8,11,14-16H2,1-2H3,(H,23,26);1H. The number of aromatic nitrogens is 4. The smallest absolute Gasteiger partial charge is 0.194 e. The van der Waals surface area contributed by atoms with Crippen LogP contribution in [0.4, 0.5) is 0 Å². The van der Waals surface area contributed by atoms with Crippen LogP contribution >= 0.6 is 24.0 Å². The Morgan fingerprint density at radius 3 is 2.77 bits per heavy atom. The Balaban J connectivity index is 0.00000256. The molecule has 8 heteroatoms. The van der Waals surface area contributed by atoms with Crippen molar-refractivity contribution in [3.8, 4) is 0 Å². The summed E-state index contributed by atoms with van der Waals surface area (Å²) in [7, 11) is 1.85. The van der Waals surface area contributed by atoms with Crippen molar-refractivity contribution < 1.29 is 0 Å². The summed E-state index contributed by atoms with van der Waals surface area (Å²) in [6.07, 6.45) is 10.9. The van der Waals surface area contributed by atoms with E-state index in [1.165, 1.54) is 5.56 Å². The summed E-state index contributed by atoms with van der Waals surface area (Å²) in [5.74, 6) is 2.55. The Hall–Kier alpha value is -2.36. The molecule has 3 heterocycles. The third kappa shape index (κ3) is 5.21. The normalized spacial score (nSPS) is 19.4. The lowest BCUT2D eigenvalue weighted by Gasteiger charge is -2.39. The van der Waals surface area contributed by atoms with E-state index in [1.54, 1.807) is 0 Å². The predicted molar refractivity (Wildman–Crippen MR) is 130 cm³/mol. The number of imidazole rings is 2. The van der Waals surface area contributed by atoms with Gasteiger partial charge in [-0.2, -0.15) is 0 Å². The highest BCUT2D eigenvalue weighted by molar-refractivity contribution is 14.0. The van der Waals surface area contributed by atoms with Gasteiger partial charge in [-0.1, -0.05) is 37.3 Å². The molecular formula is C22H30IN7. The van der Waals surface area contributed by atoms with Gasteiger partial charge < -0.3 is 19.4 Å². The molecule has 0 spiro atoms. The molecule has 1 aromatic carbocycles. The maximum atomic E-state index is 4.55. The zero-order valence-corrected chi connectivity index (χ0v) is 19.9. The van der Waals surface area contributed by atoms with Crippen molar-refractivity contribution in [3.63, 3.8) is 0 Å². The Kier molecular flexibility index (Phi) is 7.89. The van der Waals surface area contributed by atoms with Crippen LogP contribution in [0.3, 0.4) is 0 Å². The Labute approximate surface area is 195 Å². The molecule has 1 fully saturated rings. The zero-order valence-electron chi connectivity index (χ0n) is 17.6. The van der Waals surface area contributed by atoms with E-state index < -0.39 is 0 Å². The molecule has 0 bridgehead atoms. The molecular weight excluding hydrogens is 489 g/mol. The minimum atomic E-state index is 0. The first-order chi connectivity index (χ1) is 14.2. The van der Waals surface area contributed by atoms with Crippen molar-refractivity contribution in [3.05, 3.63) is 72.8 Å². The molecule has 160 valence electrons. The third-order valence-electron chi connectivity index (χ3n) is 5.74. The molecule has 0 radical (unpaired) electrons. The molecule has 30 heavy (non-hydrogen) atoms. The summed E-state index contributed by atoms with van der Waals surface area (Å²) in [5.41, 5.74) is 1.27. The van der Waals surface area contributed by atoms with E-state index in [2.05, 4.69) is 71.7 Å². The molecule has 7 nitrogen and oxygen atoms in total. The summed E-state index contributed by atoms with van der Waals surface area (Å²) in [6, 6.07) is 10.9. The molecule has 0 aliphatic carbocycles. The summed E-state index contributed by atoms with van der Waals surface area (Å²) < 4.78 is 4.40. The van der Waals surface area contributed by atoms with E-state index in [0.717, 1.165) is 37.8 Å². The quantitative estimate of drug-likeness (QED) is 0.319. The van der Waals surface area contributed by atoms with E-state index in [0.29, 0.717) is 18.5 Å². The summed E-state index contributed by atoms with van der Waals surface area (Å²) in [6.45, 7) is 5.72. The van der Waals surface area contributed by atoms with Gasteiger partial charge in [0.05, 0.1) is 18.9 Å². The van der Waals surface area contributed by atoms with Gasteiger partial charge in [0.1, 0.15) is 5.82 Å². The molecule has 0 saturated carbocycles. The number of likely N-dealkylation sites (tertiary alicyclic amines) is 1. The number of piperidine rings is 1. The lowest BCUT2D eigenvalue weighted by molar-refractivity contribution is 0.189. The van der Waals surface area contributed by atoms with Gasteiger partial charge in [0.2, 0.25) is 0 Å². The second-order valence-corrected chi connectivity index (χ2v) is 7.65. The van der Waals surface area contributed by atoms with Crippen molar-refractivity contribution in [2.24, 2.45) is 10.9 Å². The van der Waals surface area contributed by atoms with Gasteiger partial charge in [-0.3, -0.25) is 4.99 Å². The molecule has 4 rings (SSSR count). The molecule has 0 amide bonds. The minimum absolute atomic E-state index is 0. The average Bonchev–Trinajstić information content (AvgIpc) is 3.43. The van der Waals surface area contributed by atoms with Gasteiger partial charge in [0.15, 0.2) is 5.96 Å². The second kappa shape index (κ2) is 10.6. The maximum Gasteiger partial charge on any atom is 0.194 e. The van der Waals surface area contributed by atoms with Crippen LogP contribution in [-0.4, -0.2) is 50.1 Å². The Morgan fingerprint density at radius 2 is 2.03 bits per heavy atom. The van der Waals surface area contributed by atoms with Gasteiger partial charge in [0.25, 0.3) is 0 Å². The SMILES string of the molecule is CN=C(NCc1nccn1Cc1ccccc1)N1CCC(C)C(n2ccnc2)C1.I. The molecule has 1 saturated heterocycles. The molecule has 1 aliphatic heterocycles. The van der Waals surface area contributed by atoms with Crippen LogP contribution in [0.25, 0.3) is 0 Å². The third-order valence-corrected chi connectivity index (χ3v) is 5.74. The number of aliphatic imine (C=N–C) groups is 1. The maximum absolute atomic E-state index is 4.55. The molecule has 1 aliphatic rings. The number of guanidine groups is 1. The first-order valence-corrected chi connectivity index (χ1v) is 10.2. The highest BCUT2D eigenvalue weighted by Crippen LogP contribution is 2.27.